The molecule has 0 fully saturated rings. The molecule has 1 aromatic heterocycles. The van der Waals surface area contributed by atoms with Crippen LogP contribution in [0.15, 0.2) is 72.8 Å². The highest BCUT2D eigenvalue weighted by molar-refractivity contribution is 7.17. The lowest BCUT2D eigenvalue weighted by Crippen LogP contribution is -2.35. The van der Waals surface area contributed by atoms with Gasteiger partial charge in [-0.25, -0.2) is 4.79 Å². The third-order valence-electron chi connectivity index (χ3n) is 9.41. The van der Waals surface area contributed by atoms with Gasteiger partial charge >= 0.3 is 11.9 Å². The average Bonchev–Trinajstić information content (AvgIpc) is 3.48. The average molecular weight is 738 g/mol. The zero-order chi connectivity index (χ0) is 38.1. The minimum atomic E-state index is -0.949. The molecule has 0 unspecified atom stereocenters. The van der Waals surface area contributed by atoms with Gasteiger partial charge in [0.05, 0.1) is 17.5 Å². The van der Waals surface area contributed by atoms with E-state index in [0.29, 0.717) is 28.4 Å². The summed E-state index contributed by atoms with van der Waals surface area (Å²) in [6, 6.07) is 21.6. The Labute approximate surface area is 314 Å². The second kappa shape index (κ2) is 17.5. The molecule has 1 heterocycles. The molecule has 5 rings (SSSR count). The number of nitrogens with one attached hydrogen (secondary N) is 2. The van der Waals surface area contributed by atoms with E-state index in [2.05, 4.69) is 10.6 Å². The van der Waals surface area contributed by atoms with Gasteiger partial charge in [0, 0.05) is 35.6 Å². The maximum Gasteiger partial charge on any atom is 0.335 e. The first kappa shape index (κ1) is 38.9. The summed E-state index contributed by atoms with van der Waals surface area (Å²) in [7, 11) is 0. The van der Waals surface area contributed by atoms with Gasteiger partial charge in [0.15, 0.2) is 0 Å². The van der Waals surface area contributed by atoms with Gasteiger partial charge in [0.2, 0.25) is 5.91 Å². The number of rotatable bonds is 16. The lowest BCUT2D eigenvalue weighted by molar-refractivity contribution is -0.140. The fraction of sp³-hybridized carbons (Fsp3) is 0.357. The Balaban J connectivity index is 1.26. The lowest BCUT2D eigenvalue weighted by atomic mass is 9.85. The van der Waals surface area contributed by atoms with Crippen molar-refractivity contribution in [3.63, 3.8) is 0 Å². The minimum Gasteiger partial charge on any atom is -0.481 e. The number of carboxylic acids is 2. The number of benzene rings is 3. The van der Waals surface area contributed by atoms with Crippen LogP contribution in [0.3, 0.4) is 0 Å². The van der Waals surface area contributed by atoms with E-state index in [4.69, 9.17) is 5.11 Å². The molecule has 0 aliphatic heterocycles. The van der Waals surface area contributed by atoms with Crippen LogP contribution in [0.4, 0.5) is 10.7 Å². The Kier molecular flexibility index (Phi) is 12.8. The summed E-state index contributed by atoms with van der Waals surface area (Å²) in [4.78, 5) is 66.1. The molecule has 0 spiro atoms. The molecule has 0 bridgehead atoms. The van der Waals surface area contributed by atoms with Crippen LogP contribution >= 0.6 is 11.3 Å². The number of thiophene rings is 1. The van der Waals surface area contributed by atoms with Gasteiger partial charge in [-0.2, -0.15) is 0 Å². The summed E-state index contributed by atoms with van der Waals surface area (Å²) in [5.41, 5.74) is 4.99. The van der Waals surface area contributed by atoms with E-state index in [0.717, 1.165) is 72.1 Å². The van der Waals surface area contributed by atoms with E-state index >= 15 is 0 Å². The Bertz CT molecular complexity index is 1970. The molecule has 1 aliphatic rings. The van der Waals surface area contributed by atoms with E-state index in [9.17, 15) is 29.1 Å². The Morgan fingerprint density at radius 1 is 0.774 bits per heavy atom. The van der Waals surface area contributed by atoms with Crippen molar-refractivity contribution in [3.8, 4) is 0 Å². The maximum atomic E-state index is 13.8. The van der Waals surface area contributed by atoms with Crippen molar-refractivity contribution in [3.05, 3.63) is 117 Å². The first-order valence-corrected chi connectivity index (χ1v) is 18.9. The molecule has 3 amide bonds. The number of aryl methyl sites for hydroxylation is 3. The Morgan fingerprint density at radius 2 is 1.43 bits per heavy atom. The summed E-state index contributed by atoms with van der Waals surface area (Å²) in [6.07, 6.45) is 5.83. The molecule has 0 saturated heterocycles. The summed E-state index contributed by atoms with van der Waals surface area (Å²) in [6.45, 7) is 6.32. The number of fused-ring (bicyclic) bond motifs is 1. The smallest absolute Gasteiger partial charge is 0.335 e. The first-order chi connectivity index (χ1) is 25.3. The molecule has 53 heavy (non-hydrogen) atoms. The van der Waals surface area contributed by atoms with E-state index in [-0.39, 0.29) is 42.7 Å². The van der Waals surface area contributed by atoms with Crippen molar-refractivity contribution in [1.82, 2.24) is 4.90 Å². The zero-order valence-corrected chi connectivity index (χ0v) is 31.3. The van der Waals surface area contributed by atoms with Crippen molar-refractivity contribution in [2.24, 2.45) is 5.41 Å². The SMILES string of the molecule is CCCN(Cc1cccc(C(=O)Nc2sc3c(c2C(=O)Nc2ccc(CCc4ccc(C(=O)O)cc4)cc2)CCCC3)c1)C(=O)CC(C)(C)CC(=O)O. The fourth-order valence-corrected chi connectivity index (χ4v) is 7.99. The second-order valence-electron chi connectivity index (χ2n) is 14.4. The van der Waals surface area contributed by atoms with Crippen LogP contribution in [0.25, 0.3) is 0 Å². The third kappa shape index (κ3) is 10.6. The number of hydrogen-bond acceptors (Lipinski definition) is 6. The zero-order valence-electron chi connectivity index (χ0n) is 30.5. The van der Waals surface area contributed by atoms with Crippen LogP contribution in [0.5, 0.6) is 0 Å². The fourth-order valence-electron chi connectivity index (χ4n) is 6.71. The molecule has 10 nitrogen and oxygen atoms in total. The highest BCUT2D eigenvalue weighted by atomic mass is 32.1. The van der Waals surface area contributed by atoms with E-state index in [1.807, 2.05) is 49.4 Å². The number of hydrogen-bond donors (Lipinski definition) is 4. The molecule has 11 heteroatoms. The van der Waals surface area contributed by atoms with Crippen LogP contribution in [-0.2, 0) is 41.8 Å². The van der Waals surface area contributed by atoms with Crippen molar-refractivity contribution < 1.29 is 34.2 Å². The van der Waals surface area contributed by atoms with Gasteiger partial charge in [0.25, 0.3) is 11.8 Å². The van der Waals surface area contributed by atoms with Crippen LogP contribution < -0.4 is 10.6 Å². The number of aliphatic carboxylic acids is 1. The van der Waals surface area contributed by atoms with Crippen LogP contribution in [0.1, 0.15) is 111 Å². The van der Waals surface area contributed by atoms with E-state index in [1.165, 1.54) is 11.3 Å². The third-order valence-corrected chi connectivity index (χ3v) is 10.6. The summed E-state index contributed by atoms with van der Waals surface area (Å²) >= 11 is 1.45. The van der Waals surface area contributed by atoms with E-state index < -0.39 is 17.4 Å². The van der Waals surface area contributed by atoms with Crippen LogP contribution in [0, 0.1) is 5.41 Å². The second-order valence-corrected chi connectivity index (χ2v) is 15.6. The predicted molar refractivity (Wildman–Crippen MR) is 207 cm³/mol. The number of nitrogens with zero attached hydrogens (tertiary/aromatic N) is 1. The number of carbonyl (C=O) groups is 5. The summed E-state index contributed by atoms with van der Waals surface area (Å²) in [5.74, 6) is -2.65. The van der Waals surface area contributed by atoms with Crippen LogP contribution in [0.2, 0.25) is 0 Å². The largest absolute Gasteiger partial charge is 0.481 e. The Morgan fingerprint density at radius 3 is 2.08 bits per heavy atom. The van der Waals surface area contributed by atoms with Gasteiger partial charge in [-0.15, -0.1) is 11.3 Å². The molecule has 0 saturated carbocycles. The topological polar surface area (TPSA) is 153 Å². The Hall–Kier alpha value is -5.29. The van der Waals surface area contributed by atoms with Gasteiger partial charge in [0.1, 0.15) is 5.00 Å². The van der Waals surface area contributed by atoms with E-state index in [1.54, 1.807) is 49.1 Å². The lowest BCUT2D eigenvalue weighted by Gasteiger charge is -2.28. The van der Waals surface area contributed by atoms with Gasteiger partial charge < -0.3 is 25.7 Å². The highest BCUT2D eigenvalue weighted by Gasteiger charge is 2.29. The number of anilines is 2. The highest BCUT2D eigenvalue weighted by Crippen LogP contribution is 2.39. The van der Waals surface area contributed by atoms with Gasteiger partial charge in [-0.1, -0.05) is 57.2 Å². The molecular formula is C42H47N3O7S. The molecule has 1 aliphatic carbocycles. The van der Waals surface area contributed by atoms with Crippen LogP contribution in [-0.4, -0.2) is 51.3 Å². The van der Waals surface area contributed by atoms with Crippen molar-refractivity contribution in [1.29, 1.82) is 0 Å². The van der Waals surface area contributed by atoms with Crippen molar-refractivity contribution in [2.45, 2.75) is 85.1 Å². The number of carboxylic acid groups (broad SMARTS) is 2. The quantitative estimate of drug-likeness (QED) is 0.0904. The number of amides is 3. The summed E-state index contributed by atoms with van der Waals surface area (Å²) in [5, 5.41) is 25.0. The van der Waals surface area contributed by atoms with Crippen molar-refractivity contribution >= 4 is 51.7 Å². The monoisotopic (exact) mass is 737 g/mol. The number of aromatic carboxylic acids is 1. The molecule has 3 aromatic carbocycles. The first-order valence-electron chi connectivity index (χ1n) is 18.1. The molecule has 278 valence electrons. The van der Waals surface area contributed by atoms with Crippen molar-refractivity contribution in [2.75, 3.05) is 17.2 Å². The number of carbonyl (C=O) groups excluding carboxylic acids is 3. The summed E-state index contributed by atoms with van der Waals surface area (Å²) < 4.78 is 0. The predicted octanol–water partition coefficient (Wildman–Crippen LogP) is 8.24. The molecule has 0 atom stereocenters. The molecule has 4 aromatic rings. The van der Waals surface area contributed by atoms with Gasteiger partial charge in [-0.05, 0) is 109 Å². The molecule has 0 radical (unpaired) electrons. The standard InChI is InChI=1S/C42H47N3O7S/c1-4-22-45(35(46)24-42(2,3)25-36(47)48)26-29-8-7-9-31(23-29)38(49)44-40-37(33-10-5-6-11-34(33)53-40)39(50)43-32-20-16-28(17-21-32)13-12-27-14-18-30(19-15-27)41(51)52/h7-9,14-21,23H,4-6,10-13,22,24-26H2,1-3H3,(H,43,50)(H,44,49)(H,47,48)(H,51,52). The normalized spacial score (nSPS) is 12.4. The van der Waals surface area contributed by atoms with Gasteiger partial charge in [-0.3, -0.25) is 19.2 Å². The molecular weight excluding hydrogens is 691 g/mol. The minimum absolute atomic E-state index is 0.101. The molecule has 4 N–H and O–H groups in total. The maximum absolute atomic E-state index is 13.8.